The van der Waals surface area contributed by atoms with E-state index in [1.54, 1.807) is 6.33 Å². The zero-order valence-electron chi connectivity index (χ0n) is 11.6. The van der Waals surface area contributed by atoms with Crippen LogP contribution in [0.15, 0.2) is 49.1 Å². The second-order valence-electron chi connectivity index (χ2n) is 5.21. The Morgan fingerprint density at radius 2 is 1.95 bits per heavy atom. The Balaban J connectivity index is 1.93. The van der Waals surface area contributed by atoms with E-state index in [2.05, 4.69) is 33.7 Å². The Labute approximate surface area is 117 Å². The fourth-order valence-corrected chi connectivity index (χ4v) is 2.17. The summed E-state index contributed by atoms with van der Waals surface area (Å²) in [5.41, 5.74) is 2.01. The molecular weight excluding hydrogens is 250 g/mol. The van der Waals surface area contributed by atoms with Crippen LogP contribution in [0.5, 0.6) is 0 Å². The predicted octanol–water partition coefficient (Wildman–Crippen LogP) is 2.79. The van der Waals surface area contributed by atoms with E-state index < -0.39 is 0 Å². The van der Waals surface area contributed by atoms with Crippen molar-refractivity contribution >= 4 is 0 Å². The van der Waals surface area contributed by atoms with Crippen LogP contribution in [-0.2, 0) is 6.54 Å². The third-order valence-corrected chi connectivity index (χ3v) is 3.04. The minimum absolute atomic E-state index is 0.550. The van der Waals surface area contributed by atoms with Crippen molar-refractivity contribution in [3.63, 3.8) is 0 Å². The van der Waals surface area contributed by atoms with Gasteiger partial charge in [0.1, 0.15) is 6.33 Å². The van der Waals surface area contributed by atoms with E-state index in [0.717, 1.165) is 23.6 Å². The molecule has 0 unspecified atom stereocenters. The highest BCUT2D eigenvalue weighted by Gasteiger charge is 2.11. The van der Waals surface area contributed by atoms with Crippen LogP contribution in [-0.4, -0.2) is 24.5 Å². The van der Waals surface area contributed by atoms with Gasteiger partial charge in [-0.25, -0.2) is 4.68 Å². The van der Waals surface area contributed by atoms with Crippen molar-refractivity contribution in [2.24, 2.45) is 5.92 Å². The van der Waals surface area contributed by atoms with Crippen LogP contribution in [0.1, 0.15) is 13.8 Å². The quantitative estimate of drug-likeness (QED) is 0.730. The molecule has 0 aliphatic heterocycles. The number of hydrogen-bond donors (Lipinski definition) is 0. The molecule has 5 nitrogen and oxygen atoms in total. The molecule has 0 saturated carbocycles. The maximum atomic E-state index is 4.40. The Morgan fingerprint density at radius 3 is 2.70 bits per heavy atom. The van der Waals surface area contributed by atoms with Gasteiger partial charge in [-0.1, -0.05) is 32.0 Å². The average molecular weight is 267 g/mol. The second-order valence-corrected chi connectivity index (χ2v) is 5.21. The number of para-hydroxylation sites is 1. The number of aromatic nitrogens is 5. The van der Waals surface area contributed by atoms with E-state index >= 15 is 0 Å². The third kappa shape index (κ3) is 2.47. The summed E-state index contributed by atoms with van der Waals surface area (Å²) < 4.78 is 3.92. The molecular formula is C15H17N5. The van der Waals surface area contributed by atoms with Gasteiger partial charge in [0, 0.05) is 12.7 Å². The molecule has 0 spiro atoms. The summed E-state index contributed by atoms with van der Waals surface area (Å²) in [6.45, 7) is 5.26. The topological polar surface area (TPSA) is 48.5 Å². The summed E-state index contributed by atoms with van der Waals surface area (Å²) in [5, 5.41) is 12.6. The molecule has 0 N–H and O–H groups in total. The molecule has 3 rings (SSSR count). The van der Waals surface area contributed by atoms with Gasteiger partial charge >= 0.3 is 0 Å². The molecule has 1 aromatic carbocycles. The molecule has 0 saturated heterocycles. The Hall–Kier alpha value is -2.43. The maximum Gasteiger partial charge on any atom is 0.166 e. The van der Waals surface area contributed by atoms with Gasteiger partial charge in [0.25, 0.3) is 0 Å². The van der Waals surface area contributed by atoms with Crippen molar-refractivity contribution in [3.05, 3.63) is 49.1 Å². The van der Waals surface area contributed by atoms with E-state index in [1.165, 1.54) is 0 Å². The van der Waals surface area contributed by atoms with Crippen molar-refractivity contribution in [1.82, 2.24) is 24.5 Å². The van der Waals surface area contributed by atoms with E-state index in [1.807, 2.05) is 47.4 Å². The van der Waals surface area contributed by atoms with Crippen molar-refractivity contribution in [1.29, 1.82) is 0 Å². The van der Waals surface area contributed by atoms with Gasteiger partial charge in [0.2, 0.25) is 0 Å². The van der Waals surface area contributed by atoms with E-state index in [-0.39, 0.29) is 0 Å². The summed E-state index contributed by atoms with van der Waals surface area (Å²) in [5.74, 6) is 1.41. The number of nitrogens with zero attached hydrogens (tertiary/aromatic N) is 5. The monoisotopic (exact) mass is 267 g/mol. The van der Waals surface area contributed by atoms with Gasteiger partial charge in [0.05, 0.1) is 17.4 Å². The number of benzene rings is 1. The molecule has 0 radical (unpaired) electrons. The Bertz CT molecular complexity index is 681. The molecule has 0 fully saturated rings. The highest BCUT2D eigenvalue weighted by molar-refractivity contribution is 5.53. The van der Waals surface area contributed by atoms with Crippen LogP contribution >= 0.6 is 0 Å². The Morgan fingerprint density at radius 1 is 1.15 bits per heavy atom. The molecule has 102 valence electrons. The predicted molar refractivity (Wildman–Crippen MR) is 77.4 cm³/mol. The zero-order chi connectivity index (χ0) is 13.9. The number of rotatable bonds is 4. The summed E-state index contributed by atoms with van der Waals surface area (Å²) in [6, 6.07) is 10.0. The molecule has 0 aliphatic rings. The van der Waals surface area contributed by atoms with E-state index in [4.69, 9.17) is 0 Å². The SMILES string of the molecule is CC(C)Cn1cnnc1-c1cnn(-c2ccccc2)c1. The van der Waals surface area contributed by atoms with Gasteiger partial charge in [-0.15, -0.1) is 10.2 Å². The summed E-state index contributed by atoms with van der Waals surface area (Å²) in [6.07, 6.45) is 5.58. The maximum absolute atomic E-state index is 4.40. The van der Waals surface area contributed by atoms with Crippen molar-refractivity contribution in [2.75, 3.05) is 0 Å². The normalized spacial score (nSPS) is 11.2. The van der Waals surface area contributed by atoms with Crippen molar-refractivity contribution in [2.45, 2.75) is 20.4 Å². The standard InChI is InChI=1S/C15H17N5/c1-12(2)9-19-11-16-18-15(19)13-8-17-20(10-13)14-6-4-3-5-7-14/h3-8,10-12H,9H2,1-2H3. The third-order valence-electron chi connectivity index (χ3n) is 3.04. The van der Waals surface area contributed by atoms with Crippen LogP contribution in [0.4, 0.5) is 0 Å². The molecule has 20 heavy (non-hydrogen) atoms. The molecule has 2 heterocycles. The summed E-state index contributed by atoms with van der Waals surface area (Å²) in [7, 11) is 0. The first-order chi connectivity index (χ1) is 9.74. The molecule has 0 atom stereocenters. The lowest BCUT2D eigenvalue weighted by Gasteiger charge is -2.07. The minimum Gasteiger partial charge on any atom is -0.313 e. The van der Waals surface area contributed by atoms with Gasteiger partial charge in [0.15, 0.2) is 5.82 Å². The first kappa shape index (κ1) is 12.6. The summed E-state index contributed by atoms with van der Waals surface area (Å²) >= 11 is 0. The largest absolute Gasteiger partial charge is 0.313 e. The van der Waals surface area contributed by atoms with E-state index in [9.17, 15) is 0 Å². The first-order valence-corrected chi connectivity index (χ1v) is 6.72. The molecule has 5 heteroatoms. The second kappa shape index (κ2) is 5.28. The highest BCUT2D eigenvalue weighted by atomic mass is 15.3. The summed E-state index contributed by atoms with van der Waals surface area (Å²) in [4.78, 5) is 0. The van der Waals surface area contributed by atoms with Crippen molar-refractivity contribution in [3.8, 4) is 17.1 Å². The first-order valence-electron chi connectivity index (χ1n) is 6.72. The van der Waals surface area contributed by atoms with Crippen LogP contribution in [0.2, 0.25) is 0 Å². The van der Waals surface area contributed by atoms with Crippen LogP contribution < -0.4 is 0 Å². The lowest BCUT2D eigenvalue weighted by molar-refractivity contribution is 0.525. The molecule has 0 aliphatic carbocycles. The van der Waals surface area contributed by atoms with Gasteiger partial charge in [-0.3, -0.25) is 0 Å². The Kier molecular flexibility index (Phi) is 3.33. The van der Waals surface area contributed by atoms with Gasteiger partial charge in [-0.2, -0.15) is 5.10 Å². The van der Waals surface area contributed by atoms with Crippen molar-refractivity contribution < 1.29 is 0 Å². The highest BCUT2D eigenvalue weighted by Crippen LogP contribution is 2.18. The fraction of sp³-hybridized carbons (Fsp3) is 0.267. The minimum atomic E-state index is 0.550. The lowest BCUT2D eigenvalue weighted by Crippen LogP contribution is -2.04. The molecule has 2 aromatic heterocycles. The lowest BCUT2D eigenvalue weighted by atomic mass is 10.2. The van der Waals surface area contributed by atoms with Gasteiger partial charge < -0.3 is 4.57 Å². The smallest absolute Gasteiger partial charge is 0.166 e. The van der Waals surface area contributed by atoms with Crippen LogP contribution in [0.3, 0.4) is 0 Å². The fourth-order valence-electron chi connectivity index (χ4n) is 2.17. The zero-order valence-corrected chi connectivity index (χ0v) is 11.6. The van der Waals surface area contributed by atoms with Crippen LogP contribution in [0.25, 0.3) is 17.1 Å². The van der Waals surface area contributed by atoms with E-state index in [0.29, 0.717) is 5.92 Å². The van der Waals surface area contributed by atoms with Gasteiger partial charge in [-0.05, 0) is 18.1 Å². The molecule has 0 bridgehead atoms. The van der Waals surface area contributed by atoms with Crippen LogP contribution in [0, 0.1) is 5.92 Å². The average Bonchev–Trinajstić information content (AvgIpc) is 3.07. The molecule has 3 aromatic rings. The molecule has 0 amide bonds. The number of hydrogen-bond acceptors (Lipinski definition) is 3.